The molecule has 0 aliphatic carbocycles. The lowest BCUT2D eigenvalue weighted by Crippen LogP contribution is -2.69. The molecule has 0 radical (unpaired) electrons. The molecule has 2 saturated heterocycles. The largest absolute Gasteiger partial charge is 0.478 e. The number of esters is 1. The van der Waals surface area contributed by atoms with Crippen LogP contribution in [-0.4, -0.2) is 100 Å². The fourth-order valence-corrected chi connectivity index (χ4v) is 6.78. The summed E-state index contributed by atoms with van der Waals surface area (Å²) in [6.07, 6.45) is 16.1. The lowest BCUT2D eigenvalue weighted by atomic mass is 9.71. The van der Waals surface area contributed by atoms with Gasteiger partial charge in [-0.25, -0.2) is 4.79 Å². The van der Waals surface area contributed by atoms with Gasteiger partial charge in [-0.2, -0.15) is 0 Å². The number of carboxylic acid groups (broad SMARTS) is 1. The monoisotopic (exact) mass is 777 g/mol. The molecule has 3 rings (SSSR count). The SMILES string of the molecule is CC=CC=C[C@@H]1O[C@](O)([C@H](C)C(=O)NCC=CC=C(C)[C@@H](OC)[C@@H](C)[C@H]2C[C@@H](O)[C@@H](C=CC=CC=CC(=O)O)O2)[C@H](OC(=O)Cc2ccccc2)[C@H](O)C1(C)C. The Bertz CT molecular complexity index is 1660. The number of aliphatic hydroxyl groups is 3. The molecule has 0 saturated carbocycles. The Kier molecular flexibility index (Phi) is 17.9. The van der Waals surface area contributed by atoms with Gasteiger partial charge in [0.25, 0.3) is 0 Å². The van der Waals surface area contributed by atoms with E-state index < -0.39 is 65.5 Å². The Balaban J connectivity index is 1.67. The maximum Gasteiger partial charge on any atom is 0.328 e. The van der Waals surface area contributed by atoms with E-state index in [1.165, 1.54) is 13.0 Å². The van der Waals surface area contributed by atoms with Crippen molar-refractivity contribution in [1.29, 1.82) is 0 Å². The summed E-state index contributed by atoms with van der Waals surface area (Å²) in [6.45, 7) is 10.8. The predicted molar refractivity (Wildman–Crippen MR) is 213 cm³/mol. The van der Waals surface area contributed by atoms with E-state index in [0.717, 1.165) is 11.6 Å². The average Bonchev–Trinajstić information content (AvgIpc) is 3.53. The third-order valence-corrected chi connectivity index (χ3v) is 10.3. The van der Waals surface area contributed by atoms with Gasteiger partial charge < -0.3 is 44.7 Å². The van der Waals surface area contributed by atoms with E-state index in [1.54, 1.807) is 99.9 Å². The topological polar surface area (TPSA) is 181 Å². The van der Waals surface area contributed by atoms with Gasteiger partial charge >= 0.3 is 11.9 Å². The first-order valence-corrected chi connectivity index (χ1v) is 18.9. The maximum atomic E-state index is 13.5. The van der Waals surface area contributed by atoms with Gasteiger partial charge in [-0.15, -0.1) is 0 Å². The first-order valence-electron chi connectivity index (χ1n) is 18.9. The summed E-state index contributed by atoms with van der Waals surface area (Å²) in [7, 11) is 1.60. The number of methoxy groups -OCH3 is 1. The molecular weight excluding hydrogens is 718 g/mol. The molecule has 56 heavy (non-hydrogen) atoms. The molecule has 1 aromatic rings. The van der Waals surface area contributed by atoms with E-state index in [1.807, 2.05) is 39.0 Å². The number of nitrogens with one attached hydrogen (secondary N) is 1. The van der Waals surface area contributed by atoms with Gasteiger partial charge in [0.1, 0.15) is 12.2 Å². The first-order chi connectivity index (χ1) is 26.6. The van der Waals surface area contributed by atoms with Crippen molar-refractivity contribution < 1.29 is 53.8 Å². The van der Waals surface area contributed by atoms with Crippen molar-refractivity contribution >= 4 is 17.8 Å². The third kappa shape index (κ3) is 12.5. The van der Waals surface area contributed by atoms with Gasteiger partial charge in [-0.05, 0) is 31.9 Å². The number of aliphatic hydroxyl groups excluding tert-OH is 2. The van der Waals surface area contributed by atoms with Crippen LogP contribution < -0.4 is 5.32 Å². The van der Waals surface area contributed by atoms with Gasteiger partial charge in [0.15, 0.2) is 6.10 Å². The number of hydrogen-bond donors (Lipinski definition) is 5. The van der Waals surface area contributed by atoms with E-state index in [4.69, 9.17) is 24.1 Å². The lowest BCUT2D eigenvalue weighted by Gasteiger charge is -2.53. The number of rotatable bonds is 18. The van der Waals surface area contributed by atoms with Crippen LogP contribution >= 0.6 is 0 Å². The van der Waals surface area contributed by atoms with Crippen LogP contribution in [0.25, 0.3) is 0 Å². The fourth-order valence-electron chi connectivity index (χ4n) is 6.78. The van der Waals surface area contributed by atoms with Gasteiger partial charge in [0.05, 0.1) is 36.8 Å². The predicted octanol–water partition coefficient (Wildman–Crippen LogP) is 4.93. The van der Waals surface area contributed by atoms with Crippen molar-refractivity contribution in [3.8, 4) is 0 Å². The molecule has 2 heterocycles. The van der Waals surface area contributed by atoms with Crippen LogP contribution in [0.5, 0.6) is 0 Å². The molecule has 0 bridgehead atoms. The van der Waals surface area contributed by atoms with Crippen LogP contribution in [0.1, 0.15) is 53.5 Å². The molecule has 306 valence electrons. The molecule has 12 heteroatoms. The average molecular weight is 778 g/mol. The zero-order chi connectivity index (χ0) is 41.5. The van der Waals surface area contributed by atoms with Gasteiger partial charge in [-0.3, -0.25) is 9.59 Å². The summed E-state index contributed by atoms with van der Waals surface area (Å²) in [5.41, 5.74) is 0.570. The van der Waals surface area contributed by atoms with Crippen molar-refractivity contribution in [1.82, 2.24) is 5.32 Å². The molecule has 12 nitrogen and oxygen atoms in total. The quantitative estimate of drug-likeness (QED) is 0.0776. The Labute approximate surface area is 330 Å². The summed E-state index contributed by atoms with van der Waals surface area (Å²) in [4.78, 5) is 37.2. The molecule has 0 spiro atoms. The van der Waals surface area contributed by atoms with Crippen LogP contribution in [0.4, 0.5) is 0 Å². The Morgan fingerprint density at radius 1 is 1.00 bits per heavy atom. The van der Waals surface area contributed by atoms with Crippen LogP contribution in [0.2, 0.25) is 0 Å². The molecule has 0 aromatic heterocycles. The highest BCUT2D eigenvalue weighted by Gasteiger charge is 2.62. The maximum absolute atomic E-state index is 13.5. The number of hydrogen-bond acceptors (Lipinski definition) is 10. The number of ether oxygens (including phenoxy) is 4. The zero-order valence-electron chi connectivity index (χ0n) is 33.4. The van der Waals surface area contributed by atoms with Crippen LogP contribution in [0.15, 0.2) is 115 Å². The second kappa shape index (κ2) is 21.8. The van der Waals surface area contributed by atoms with Crippen molar-refractivity contribution in [2.45, 2.75) is 103 Å². The minimum absolute atomic E-state index is 0.0971. The van der Waals surface area contributed by atoms with E-state index in [-0.39, 0.29) is 31.1 Å². The Morgan fingerprint density at radius 3 is 2.34 bits per heavy atom. The number of aliphatic carboxylic acids is 1. The molecule has 2 aliphatic heterocycles. The highest BCUT2D eigenvalue weighted by molar-refractivity contribution is 5.80. The summed E-state index contributed by atoms with van der Waals surface area (Å²) >= 11 is 0. The summed E-state index contributed by atoms with van der Waals surface area (Å²) in [5, 5.41) is 45.7. The minimum atomic E-state index is -2.38. The zero-order valence-corrected chi connectivity index (χ0v) is 33.4. The van der Waals surface area contributed by atoms with Crippen molar-refractivity contribution in [3.63, 3.8) is 0 Å². The van der Waals surface area contributed by atoms with Crippen molar-refractivity contribution in [3.05, 3.63) is 120 Å². The van der Waals surface area contributed by atoms with E-state index >= 15 is 0 Å². The molecule has 2 fully saturated rings. The molecule has 1 amide bonds. The van der Waals surface area contributed by atoms with E-state index in [0.29, 0.717) is 12.0 Å². The lowest BCUT2D eigenvalue weighted by molar-refractivity contribution is -0.359. The van der Waals surface area contributed by atoms with Crippen molar-refractivity contribution in [2.24, 2.45) is 17.3 Å². The molecule has 0 unspecified atom stereocenters. The number of carbonyl (C=O) groups excluding carboxylic acids is 2. The summed E-state index contributed by atoms with van der Waals surface area (Å²) in [5.74, 6) is -6.07. The summed E-state index contributed by atoms with van der Waals surface area (Å²) in [6, 6.07) is 8.94. The number of amides is 1. The highest BCUT2D eigenvalue weighted by Crippen LogP contribution is 2.45. The van der Waals surface area contributed by atoms with E-state index in [2.05, 4.69) is 5.32 Å². The minimum Gasteiger partial charge on any atom is -0.478 e. The van der Waals surface area contributed by atoms with Gasteiger partial charge in [-0.1, -0.05) is 124 Å². The fraction of sp³-hybridized carbons (Fsp3) is 0.477. The van der Waals surface area contributed by atoms with Crippen LogP contribution in [0, 0.1) is 17.3 Å². The molecule has 1 aromatic carbocycles. The van der Waals surface area contributed by atoms with Crippen LogP contribution in [-0.2, 0) is 39.8 Å². The number of allylic oxidation sites excluding steroid dienone is 9. The molecule has 10 atom stereocenters. The van der Waals surface area contributed by atoms with Gasteiger partial charge in [0, 0.05) is 37.5 Å². The molecular formula is C44H59NO11. The number of carboxylic acids is 1. The number of carbonyl (C=O) groups is 3. The summed E-state index contributed by atoms with van der Waals surface area (Å²) < 4.78 is 23.9. The standard InChI is InChI=1S/C44H59NO11/c1-8-9-13-24-36-43(5,6)40(50)41(55-38(49)27-32-21-14-12-15-22-32)44(52,56-36)31(4)42(51)45-26-19-18-20-29(2)39(53-7)30(3)35-28-33(46)34(54-35)23-16-10-11-17-25-37(47)48/h8-25,30-31,33-36,39-41,46,50,52H,26-28H2,1-7H3,(H,45,51)(H,47,48)/t30-,31+,33+,34+,35+,36-,39+,40-,41+,44+/m0/s1. The number of benzene rings is 1. The molecule has 2 aliphatic rings. The van der Waals surface area contributed by atoms with Crippen LogP contribution in [0.3, 0.4) is 0 Å². The first kappa shape index (κ1) is 46.0. The Morgan fingerprint density at radius 2 is 1.68 bits per heavy atom. The second-order valence-electron chi connectivity index (χ2n) is 14.8. The highest BCUT2D eigenvalue weighted by atomic mass is 16.7. The van der Waals surface area contributed by atoms with Gasteiger partial charge in [0.2, 0.25) is 11.7 Å². The normalized spacial score (nSPS) is 28.9. The smallest absolute Gasteiger partial charge is 0.328 e. The Hall–Kier alpha value is -4.43. The third-order valence-electron chi connectivity index (χ3n) is 10.3. The second-order valence-corrected chi connectivity index (χ2v) is 14.8. The van der Waals surface area contributed by atoms with E-state index in [9.17, 15) is 29.7 Å². The molecule has 5 N–H and O–H groups in total. The van der Waals surface area contributed by atoms with Crippen molar-refractivity contribution in [2.75, 3.05) is 13.7 Å².